The van der Waals surface area contributed by atoms with Crippen molar-refractivity contribution in [2.45, 2.75) is 91.5 Å². The van der Waals surface area contributed by atoms with Crippen molar-refractivity contribution in [3.8, 4) is 0 Å². The molecular formula is C20H34N2O7. The number of ketones is 2. The van der Waals surface area contributed by atoms with Gasteiger partial charge in [-0.3, -0.25) is 24.5 Å². The Morgan fingerprint density at radius 3 is 1.48 bits per heavy atom. The molecule has 2 N–H and O–H groups in total. The molecule has 0 bridgehead atoms. The first-order chi connectivity index (χ1) is 13.0. The molecule has 166 valence electrons. The maximum atomic E-state index is 12.3. The predicted molar refractivity (Wildman–Crippen MR) is 106 cm³/mol. The van der Waals surface area contributed by atoms with Gasteiger partial charge in [-0.15, -0.1) is 0 Å². The molecular weight excluding hydrogens is 380 g/mol. The lowest BCUT2D eigenvalue weighted by atomic mass is 10.1. The molecule has 0 aliphatic rings. The second-order valence-corrected chi connectivity index (χ2v) is 8.93. The Balaban J connectivity index is 5.04. The Kier molecular flexibility index (Phi) is 10.2. The number of nitrogens with one attached hydrogen (secondary N) is 2. The third kappa shape index (κ3) is 13.5. The monoisotopic (exact) mass is 414 g/mol. The van der Waals surface area contributed by atoms with Crippen LogP contribution in [-0.2, 0) is 33.4 Å². The zero-order valence-corrected chi connectivity index (χ0v) is 18.6. The number of esters is 2. The normalized spacial score (nSPS) is 13.8. The van der Waals surface area contributed by atoms with Gasteiger partial charge in [0.1, 0.15) is 34.9 Å². The van der Waals surface area contributed by atoms with E-state index in [-0.39, 0.29) is 31.0 Å². The van der Waals surface area contributed by atoms with Gasteiger partial charge >= 0.3 is 11.9 Å². The van der Waals surface area contributed by atoms with Crippen LogP contribution in [0.25, 0.3) is 0 Å². The molecule has 9 nitrogen and oxygen atoms in total. The maximum Gasteiger partial charge on any atom is 0.329 e. The molecule has 0 unspecified atom stereocenters. The molecule has 0 aromatic rings. The van der Waals surface area contributed by atoms with E-state index in [2.05, 4.69) is 10.6 Å². The highest BCUT2D eigenvalue weighted by Crippen LogP contribution is 2.11. The van der Waals surface area contributed by atoms with Crippen LogP contribution >= 0.6 is 0 Å². The second-order valence-electron chi connectivity index (χ2n) is 8.93. The molecule has 0 heterocycles. The fourth-order valence-electron chi connectivity index (χ4n) is 2.21. The minimum Gasteiger partial charge on any atom is -0.459 e. The highest BCUT2D eigenvalue weighted by atomic mass is 16.6. The summed E-state index contributed by atoms with van der Waals surface area (Å²) in [6.07, 6.45) is -0.366. The first-order valence-corrected chi connectivity index (χ1v) is 9.47. The van der Waals surface area contributed by atoms with E-state index in [1.165, 1.54) is 13.8 Å². The van der Waals surface area contributed by atoms with Crippen LogP contribution in [0.1, 0.15) is 68.2 Å². The van der Waals surface area contributed by atoms with Crippen molar-refractivity contribution in [2.24, 2.45) is 0 Å². The zero-order valence-electron chi connectivity index (χ0n) is 18.6. The fourth-order valence-corrected chi connectivity index (χ4v) is 2.21. The first kappa shape index (κ1) is 26.7. The van der Waals surface area contributed by atoms with Crippen molar-refractivity contribution in [1.82, 2.24) is 10.6 Å². The lowest BCUT2D eigenvalue weighted by Crippen LogP contribution is -2.50. The van der Waals surface area contributed by atoms with Crippen molar-refractivity contribution in [3.05, 3.63) is 0 Å². The van der Waals surface area contributed by atoms with Gasteiger partial charge in [0.15, 0.2) is 0 Å². The van der Waals surface area contributed by atoms with Crippen LogP contribution in [0.5, 0.6) is 0 Å². The first-order valence-electron chi connectivity index (χ1n) is 9.47. The summed E-state index contributed by atoms with van der Waals surface area (Å²) in [5.41, 5.74) is -1.53. The molecule has 0 rings (SSSR count). The van der Waals surface area contributed by atoms with E-state index in [1.54, 1.807) is 41.5 Å². The van der Waals surface area contributed by atoms with Gasteiger partial charge < -0.3 is 14.8 Å². The lowest BCUT2D eigenvalue weighted by molar-refractivity contribution is -0.160. The summed E-state index contributed by atoms with van der Waals surface area (Å²) in [6, 6.07) is -2.15. The fraction of sp³-hybridized carbons (Fsp3) is 0.750. The minimum atomic E-state index is -1.14. The highest BCUT2D eigenvalue weighted by Gasteiger charge is 2.29. The van der Waals surface area contributed by atoms with Crippen LogP contribution in [0, 0.1) is 0 Å². The predicted octanol–water partition coefficient (Wildman–Crippen LogP) is 1.07. The number of hydrogen-bond donors (Lipinski definition) is 2. The van der Waals surface area contributed by atoms with Gasteiger partial charge in [-0.05, 0) is 55.4 Å². The summed E-state index contributed by atoms with van der Waals surface area (Å²) >= 11 is 0. The largest absolute Gasteiger partial charge is 0.459 e. The van der Waals surface area contributed by atoms with Crippen LogP contribution in [0.15, 0.2) is 0 Å². The van der Waals surface area contributed by atoms with E-state index >= 15 is 0 Å². The van der Waals surface area contributed by atoms with Gasteiger partial charge in [0.05, 0.1) is 6.54 Å². The molecule has 0 aliphatic carbocycles. The highest BCUT2D eigenvalue weighted by molar-refractivity contribution is 5.90. The summed E-state index contributed by atoms with van der Waals surface area (Å²) < 4.78 is 10.5. The van der Waals surface area contributed by atoms with E-state index < -0.39 is 41.1 Å². The number of Topliss-reactive ketones (excluding diaryl/α,β-unsaturated/α-hetero) is 2. The molecule has 29 heavy (non-hydrogen) atoms. The summed E-state index contributed by atoms with van der Waals surface area (Å²) in [4.78, 5) is 59.7. The Morgan fingerprint density at radius 1 is 0.724 bits per heavy atom. The summed E-state index contributed by atoms with van der Waals surface area (Å²) in [5.74, 6) is -2.56. The second kappa shape index (κ2) is 11.0. The third-order valence-electron chi connectivity index (χ3n) is 3.21. The Morgan fingerprint density at radius 2 is 1.10 bits per heavy atom. The molecule has 9 heteroatoms. The van der Waals surface area contributed by atoms with Gasteiger partial charge in [-0.2, -0.15) is 0 Å². The topological polar surface area (TPSA) is 128 Å². The van der Waals surface area contributed by atoms with Crippen LogP contribution in [-0.4, -0.2) is 59.2 Å². The molecule has 2 atom stereocenters. The lowest BCUT2D eigenvalue weighted by Gasteiger charge is -2.25. The van der Waals surface area contributed by atoms with Gasteiger partial charge in [0.25, 0.3) is 0 Å². The standard InChI is InChI=1S/C20H34N2O7/c1-12(23)9-14(17(26)28-19(3,4)5)21-11-16(25)22-15(10-13(2)24)18(27)29-20(6,7)8/h14-15,21H,9-11H2,1-8H3,(H,22,25)/t14-,15-/m0/s1. The van der Waals surface area contributed by atoms with Gasteiger partial charge in [0.2, 0.25) is 5.91 Å². The number of hydrogen-bond acceptors (Lipinski definition) is 8. The molecule has 1 amide bonds. The van der Waals surface area contributed by atoms with E-state index in [0.29, 0.717) is 0 Å². The molecule has 0 saturated carbocycles. The molecule has 0 aromatic carbocycles. The van der Waals surface area contributed by atoms with Gasteiger partial charge in [0, 0.05) is 12.8 Å². The van der Waals surface area contributed by atoms with Crippen LogP contribution in [0.4, 0.5) is 0 Å². The van der Waals surface area contributed by atoms with Crippen LogP contribution < -0.4 is 10.6 Å². The minimum absolute atomic E-state index is 0.148. The number of rotatable bonds is 10. The quantitative estimate of drug-likeness (QED) is 0.508. The smallest absolute Gasteiger partial charge is 0.329 e. The summed E-state index contributed by atoms with van der Waals surface area (Å²) in [6.45, 7) is 12.4. The van der Waals surface area contributed by atoms with E-state index in [9.17, 15) is 24.0 Å². The van der Waals surface area contributed by atoms with E-state index in [1.807, 2.05) is 0 Å². The molecule has 0 fully saturated rings. The van der Waals surface area contributed by atoms with Crippen LogP contribution in [0.2, 0.25) is 0 Å². The summed E-state index contributed by atoms with van der Waals surface area (Å²) in [5, 5.41) is 5.11. The molecule has 0 aromatic heterocycles. The van der Waals surface area contributed by atoms with Gasteiger partial charge in [-0.1, -0.05) is 0 Å². The Labute approximate surface area is 172 Å². The van der Waals surface area contributed by atoms with Crippen LogP contribution in [0.3, 0.4) is 0 Å². The maximum absolute atomic E-state index is 12.3. The van der Waals surface area contributed by atoms with Crippen molar-refractivity contribution in [2.75, 3.05) is 6.54 Å². The van der Waals surface area contributed by atoms with Crippen molar-refractivity contribution in [1.29, 1.82) is 0 Å². The number of ether oxygens (including phenoxy) is 2. The molecule has 0 radical (unpaired) electrons. The number of carbonyl (C=O) groups is 5. The SMILES string of the molecule is CC(=O)C[C@H](NCC(=O)N[C@@H](CC(C)=O)C(=O)OC(C)(C)C)C(=O)OC(C)(C)C. The van der Waals surface area contributed by atoms with Crippen molar-refractivity contribution < 1.29 is 33.4 Å². The average molecular weight is 414 g/mol. The number of amides is 1. The summed E-state index contributed by atoms with van der Waals surface area (Å²) in [7, 11) is 0. The van der Waals surface area contributed by atoms with Crippen molar-refractivity contribution >= 4 is 29.4 Å². The molecule has 0 saturated heterocycles. The van der Waals surface area contributed by atoms with Crippen molar-refractivity contribution in [3.63, 3.8) is 0 Å². The molecule has 0 spiro atoms. The van der Waals surface area contributed by atoms with E-state index in [0.717, 1.165) is 0 Å². The number of carbonyl (C=O) groups excluding carboxylic acids is 5. The Bertz CT molecular complexity index is 630. The zero-order chi connectivity index (χ0) is 23.0. The average Bonchev–Trinajstić information content (AvgIpc) is 2.46. The van der Waals surface area contributed by atoms with Gasteiger partial charge in [-0.25, -0.2) is 4.79 Å². The van der Waals surface area contributed by atoms with E-state index in [4.69, 9.17) is 9.47 Å². The molecule has 0 aliphatic heterocycles. The third-order valence-corrected chi connectivity index (χ3v) is 3.21. The Hall–Kier alpha value is -2.29.